The summed E-state index contributed by atoms with van der Waals surface area (Å²) in [6.07, 6.45) is 4.93. The van der Waals surface area contributed by atoms with Gasteiger partial charge in [-0.05, 0) is 41.7 Å². The SMILES string of the molecule is C(=N\OCCOC1CCCCO1)/c1ccc2ccccc2c1. The van der Waals surface area contributed by atoms with E-state index in [0.717, 1.165) is 25.0 Å². The van der Waals surface area contributed by atoms with Gasteiger partial charge in [0.25, 0.3) is 0 Å². The molecule has 0 spiro atoms. The van der Waals surface area contributed by atoms with Crippen LogP contribution in [0, 0.1) is 0 Å². The standard InChI is InChI=1S/C18H21NO3/c1-2-6-17-13-15(8-9-16(17)5-1)14-19-22-12-11-21-18-7-3-4-10-20-18/h1-2,5-6,8-9,13-14,18H,3-4,7,10-12H2/b19-14+. The van der Waals surface area contributed by atoms with Crippen molar-refractivity contribution in [2.75, 3.05) is 19.8 Å². The number of nitrogens with zero attached hydrogens (tertiary/aromatic N) is 1. The Morgan fingerprint density at radius 1 is 1.09 bits per heavy atom. The number of fused-ring (bicyclic) bond motifs is 1. The lowest BCUT2D eigenvalue weighted by atomic mass is 10.1. The van der Waals surface area contributed by atoms with Crippen molar-refractivity contribution in [3.8, 4) is 0 Å². The van der Waals surface area contributed by atoms with Gasteiger partial charge in [-0.15, -0.1) is 0 Å². The lowest BCUT2D eigenvalue weighted by Gasteiger charge is -2.22. The molecule has 1 unspecified atom stereocenters. The fourth-order valence-corrected chi connectivity index (χ4v) is 2.50. The van der Waals surface area contributed by atoms with Crippen molar-refractivity contribution in [2.45, 2.75) is 25.6 Å². The molecule has 4 heteroatoms. The van der Waals surface area contributed by atoms with Crippen LogP contribution in [-0.4, -0.2) is 32.3 Å². The van der Waals surface area contributed by atoms with Crippen LogP contribution in [0.2, 0.25) is 0 Å². The summed E-state index contributed by atoms with van der Waals surface area (Å²) in [7, 11) is 0. The molecule has 0 saturated carbocycles. The summed E-state index contributed by atoms with van der Waals surface area (Å²) in [6, 6.07) is 14.5. The van der Waals surface area contributed by atoms with Crippen LogP contribution in [0.1, 0.15) is 24.8 Å². The van der Waals surface area contributed by atoms with Gasteiger partial charge >= 0.3 is 0 Å². The molecule has 0 amide bonds. The first-order chi connectivity index (χ1) is 10.9. The molecule has 2 aromatic carbocycles. The van der Waals surface area contributed by atoms with Crippen molar-refractivity contribution >= 4 is 17.0 Å². The van der Waals surface area contributed by atoms with Crippen LogP contribution in [0.15, 0.2) is 47.6 Å². The molecule has 1 aliphatic rings. The Balaban J connectivity index is 1.41. The number of ether oxygens (including phenoxy) is 2. The molecule has 0 radical (unpaired) electrons. The quantitative estimate of drug-likeness (QED) is 0.463. The van der Waals surface area contributed by atoms with Gasteiger partial charge in [-0.1, -0.05) is 41.6 Å². The van der Waals surface area contributed by atoms with Gasteiger partial charge in [0.05, 0.1) is 12.8 Å². The van der Waals surface area contributed by atoms with Crippen molar-refractivity contribution in [1.82, 2.24) is 0 Å². The summed E-state index contributed by atoms with van der Waals surface area (Å²) in [5.74, 6) is 0. The Bertz CT molecular complexity index is 621. The van der Waals surface area contributed by atoms with Gasteiger partial charge in [-0.2, -0.15) is 0 Å². The Morgan fingerprint density at radius 3 is 2.86 bits per heavy atom. The zero-order valence-corrected chi connectivity index (χ0v) is 12.6. The summed E-state index contributed by atoms with van der Waals surface area (Å²) in [6.45, 7) is 1.73. The second-order valence-corrected chi connectivity index (χ2v) is 5.34. The highest BCUT2D eigenvalue weighted by Gasteiger charge is 2.13. The van der Waals surface area contributed by atoms with Gasteiger partial charge in [-0.25, -0.2) is 0 Å². The normalized spacial score (nSPS) is 18.8. The summed E-state index contributed by atoms with van der Waals surface area (Å²) >= 11 is 0. The molecule has 3 rings (SSSR count). The van der Waals surface area contributed by atoms with E-state index in [2.05, 4.69) is 29.4 Å². The maximum absolute atomic E-state index is 5.57. The van der Waals surface area contributed by atoms with Gasteiger partial charge in [0.15, 0.2) is 6.29 Å². The maximum Gasteiger partial charge on any atom is 0.157 e. The molecular formula is C18H21NO3. The first kappa shape index (κ1) is 15.0. The molecule has 4 nitrogen and oxygen atoms in total. The summed E-state index contributed by atoms with van der Waals surface area (Å²) < 4.78 is 11.1. The molecule has 0 bridgehead atoms. The van der Waals surface area contributed by atoms with E-state index in [1.807, 2.05) is 18.2 Å². The lowest BCUT2D eigenvalue weighted by molar-refractivity contribution is -0.168. The van der Waals surface area contributed by atoms with Crippen LogP contribution in [0.25, 0.3) is 10.8 Å². The zero-order chi connectivity index (χ0) is 15.0. The molecule has 0 aromatic heterocycles. The van der Waals surface area contributed by atoms with Crippen LogP contribution in [-0.2, 0) is 14.3 Å². The average Bonchev–Trinajstić information content (AvgIpc) is 2.59. The first-order valence-corrected chi connectivity index (χ1v) is 7.79. The summed E-state index contributed by atoms with van der Waals surface area (Å²) in [4.78, 5) is 5.23. The van der Waals surface area contributed by atoms with Crippen molar-refractivity contribution in [3.05, 3.63) is 48.0 Å². The van der Waals surface area contributed by atoms with Crippen LogP contribution in [0.4, 0.5) is 0 Å². The minimum atomic E-state index is -0.0678. The third kappa shape index (κ3) is 4.29. The minimum absolute atomic E-state index is 0.0678. The Labute approximate surface area is 130 Å². The molecule has 1 heterocycles. The second-order valence-electron chi connectivity index (χ2n) is 5.34. The second kappa shape index (κ2) is 7.92. The Morgan fingerprint density at radius 2 is 2.00 bits per heavy atom. The number of hydrogen-bond acceptors (Lipinski definition) is 4. The summed E-state index contributed by atoms with van der Waals surface area (Å²) in [5.41, 5.74) is 1.02. The minimum Gasteiger partial charge on any atom is -0.393 e. The largest absolute Gasteiger partial charge is 0.393 e. The number of rotatable bonds is 6. The van der Waals surface area contributed by atoms with Crippen LogP contribution in [0.3, 0.4) is 0 Å². The molecule has 1 fully saturated rings. The molecule has 1 saturated heterocycles. The molecule has 22 heavy (non-hydrogen) atoms. The van der Waals surface area contributed by atoms with Crippen molar-refractivity contribution in [2.24, 2.45) is 5.16 Å². The molecular weight excluding hydrogens is 278 g/mol. The lowest BCUT2D eigenvalue weighted by Crippen LogP contribution is -2.23. The number of oxime groups is 1. The van der Waals surface area contributed by atoms with Gasteiger partial charge in [0.2, 0.25) is 0 Å². The van der Waals surface area contributed by atoms with E-state index in [0.29, 0.717) is 13.2 Å². The monoisotopic (exact) mass is 299 g/mol. The van der Waals surface area contributed by atoms with E-state index in [1.165, 1.54) is 17.2 Å². The smallest absolute Gasteiger partial charge is 0.157 e. The highest BCUT2D eigenvalue weighted by Crippen LogP contribution is 2.15. The summed E-state index contributed by atoms with van der Waals surface area (Å²) in [5, 5.41) is 6.41. The van der Waals surface area contributed by atoms with Gasteiger partial charge in [0, 0.05) is 6.61 Å². The van der Waals surface area contributed by atoms with Crippen molar-refractivity contribution in [1.29, 1.82) is 0 Å². The van der Waals surface area contributed by atoms with Crippen molar-refractivity contribution < 1.29 is 14.3 Å². The molecule has 1 aliphatic heterocycles. The first-order valence-electron chi connectivity index (χ1n) is 7.79. The van der Waals surface area contributed by atoms with Gasteiger partial charge in [0.1, 0.15) is 6.61 Å². The average molecular weight is 299 g/mol. The van der Waals surface area contributed by atoms with E-state index in [9.17, 15) is 0 Å². The van der Waals surface area contributed by atoms with E-state index in [1.54, 1.807) is 6.21 Å². The highest BCUT2D eigenvalue weighted by atomic mass is 16.7. The van der Waals surface area contributed by atoms with E-state index >= 15 is 0 Å². The predicted octanol–water partition coefficient (Wildman–Crippen LogP) is 3.73. The van der Waals surface area contributed by atoms with Gasteiger partial charge in [-0.3, -0.25) is 0 Å². The maximum atomic E-state index is 5.57. The van der Waals surface area contributed by atoms with Crippen LogP contribution in [0.5, 0.6) is 0 Å². The zero-order valence-electron chi connectivity index (χ0n) is 12.6. The third-order valence-electron chi connectivity index (χ3n) is 3.67. The van der Waals surface area contributed by atoms with E-state index in [-0.39, 0.29) is 6.29 Å². The fourth-order valence-electron chi connectivity index (χ4n) is 2.50. The van der Waals surface area contributed by atoms with Crippen LogP contribution >= 0.6 is 0 Å². The van der Waals surface area contributed by atoms with Crippen molar-refractivity contribution in [3.63, 3.8) is 0 Å². The molecule has 0 N–H and O–H groups in total. The Kier molecular flexibility index (Phi) is 5.40. The topological polar surface area (TPSA) is 40.0 Å². The van der Waals surface area contributed by atoms with E-state index in [4.69, 9.17) is 14.3 Å². The molecule has 0 aliphatic carbocycles. The van der Waals surface area contributed by atoms with Gasteiger partial charge < -0.3 is 14.3 Å². The molecule has 116 valence electrons. The van der Waals surface area contributed by atoms with Crippen LogP contribution < -0.4 is 0 Å². The fraction of sp³-hybridized carbons (Fsp3) is 0.389. The number of benzene rings is 2. The van der Waals surface area contributed by atoms with E-state index < -0.39 is 0 Å². The predicted molar refractivity (Wildman–Crippen MR) is 87.0 cm³/mol. The molecule has 2 aromatic rings. The molecule has 1 atom stereocenters. The Hall–Kier alpha value is -1.91. The highest BCUT2D eigenvalue weighted by molar-refractivity contribution is 5.90. The number of hydrogen-bond donors (Lipinski definition) is 0. The third-order valence-corrected chi connectivity index (χ3v) is 3.67.